The van der Waals surface area contributed by atoms with Crippen LogP contribution in [-0.4, -0.2) is 46.9 Å². The van der Waals surface area contributed by atoms with Gasteiger partial charge in [-0.3, -0.25) is 9.69 Å². The Kier molecular flexibility index (Phi) is 4.90. The molecule has 116 valence electrons. The van der Waals surface area contributed by atoms with E-state index in [1.807, 2.05) is 17.0 Å². The van der Waals surface area contributed by atoms with Gasteiger partial charge in [0.25, 0.3) is 0 Å². The molecule has 1 amide bonds. The summed E-state index contributed by atoms with van der Waals surface area (Å²) in [5.41, 5.74) is 2.25. The molecule has 1 fully saturated rings. The maximum atomic E-state index is 11.3. The number of aromatic nitrogens is 1. The highest BCUT2D eigenvalue weighted by molar-refractivity contribution is 9.10. The fraction of sp³-hybridized carbons (Fsp3) is 0.375. The molecule has 0 unspecified atom stereocenters. The van der Waals surface area contributed by atoms with Crippen LogP contribution in [0.25, 0.3) is 10.6 Å². The molecule has 0 atom stereocenters. The van der Waals surface area contributed by atoms with Crippen molar-refractivity contribution in [3.63, 3.8) is 0 Å². The zero-order valence-corrected chi connectivity index (χ0v) is 14.9. The third-order valence-corrected chi connectivity index (χ3v) is 5.26. The molecule has 0 bridgehead atoms. The molecule has 22 heavy (non-hydrogen) atoms. The number of nitrogens with zero attached hydrogens (tertiary/aromatic N) is 3. The largest absolute Gasteiger partial charge is 0.340 e. The lowest BCUT2D eigenvalue weighted by Crippen LogP contribution is -2.47. The predicted octanol–water partition coefficient (Wildman–Crippen LogP) is 3.24. The third-order valence-electron chi connectivity index (χ3n) is 3.83. The Hall–Kier alpha value is -1.24. The first-order valence-corrected chi connectivity index (χ1v) is 8.97. The third kappa shape index (κ3) is 3.74. The summed E-state index contributed by atoms with van der Waals surface area (Å²) in [6.07, 6.45) is 0. The second kappa shape index (κ2) is 6.89. The Morgan fingerprint density at radius 2 is 2.09 bits per heavy atom. The quantitative estimate of drug-likeness (QED) is 0.821. The minimum Gasteiger partial charge on any atom is -0.340 e. The Morgan fingerprint density at radius 3 is 2.77 bits per heavy atom. The maximum absolute atomic E-state index is 11.3. The summed E-state index contributed by atoms with van der Waals surface area (Å²) in [5, 5.41) is 3.19. The van der Waals surface area contributed by atoms with Gasteiger partial charge in [-0.25, -0.2) is 4.98 Å². The van der Waals surface area contributed by atoms with Gasteiger partial charge in [0.05, 0.1) is 5.69 Å². The number of piperazine rings is 1. The van der Waals surface area contributed by atoms with E-state index in [1.54, 1.807) is 18.3 Å². The first-order valence-electron chi connectivity index (χ1n) is 7.30. The van der Waals surface area contributed by atoms with Crippen molar-refractivity contribution in [2.24, 2.45) is 0 Å². The molecule has 0 aliphatic carbocycles. The SMILES string of the molecule is CC(=O)N1CCN(Cc2csc(-c3cccc(Br)c3)n2)CC1. The number of carbonyl (C=O) groups excluding carboxylic acids is 1. The minimum absolute atomic E-state index is 0.172. The van der Waals surface area contributed by atoms with Crippen molar-refractivity contribution in [3.8, 4) is 10.6 Å². The summed E-state index contributed by atoms with van der Waals surface area (Å²) < 4.78 is 1.07. The average Bonchev–Trinajstić information content (AvgIpc) is 2.96. The van der Waals surface area contributed by atoms with Gasteiger partial charge in [0.15, 0.2) is 0 Å². The van der Waals surface area contributed by atoms with Crippen LogP contribution in [0, 0.1) is 0 Å². The van der Waals surface area contributed by atoms with Gasteiger partial charge >= 0.3 is 0 Å². The zero-order chi connectivity index (χ0) is 15.5. The topological polar surface area (TPSA) is 36.4 Å². The van der Waals surface area contributed by atoms with E-state index >= 15 is 0 Å². The molecule has 0 N–H and O–H groups in total. The lowest BCUT2D eigenvalue weighted by Gasteiger charge is -2.33. The van der Waals surface area contributed by atoms with Crippen LogP contribution in [-0.2, 0) is 11.3 Å². The normalized spacial score (nSPS) is 16.0. The molecular weight excluding hydrogens is 362 g/mol. The average molecular weight is 380 g/mol. The molecule has 2 aromatic rings. The monoisotopic (exact) mass is 379 g/mol. The van der Waals surface area contributed by atoms with Crippen molar-refractivity contribution in [1.82, 2.24) is 14.8 Å². The Bertz CT molecular complexity index is 665. The van der Waals surface area contributed by atoms with E-state index in [0.717, 1.165) is 53.5 Å². The molecule has 0 spiro atoms. The fourth-order valence-corrected chi connectivity index (χ4v) is 3.79. The van der Waals surface area contributed by atoms with Gasteiger partial charge in [-0.2, -0.15) is 0 Å². The summed E-state index contributed by atoms with van der Waals surface area (Å²) in [7, 11) is 0. The Morgan fingerprint density at radius 1 is 1.32 bits per heavy atom. The van der Waals surface area contributed by atoms with Crippen molar-refractivity contribution in [2.75, 3.05) is 26.2 Å². The highest BCUT2D eigenvalue weighted by Gasteiger charge is 2.19. The smallest absolute Gasteiger partial charge is 0.219 e. The molecule has 1 aliphatic rings. The van der Waals surface area contributed by atoms with Crippen LogP contribution in [0.3, 0.4) is 0 Å². The van der Waals surface area contributed by atoms with Gasteiger partial charge in [0.1, 0.15) is 5.01 Å². The molecule has 0 saturated carbocycles. The van der Waals surface area contributed by atoms with E-state index in [2.05, 4.69) is 38.3 Å². The number of hydrogen-bond acceptors (Lipinski definition) is 4. The van der Waals surface area contributed by atoms with Crippen LogP contribution in [0.1, 0.15) is 12.6 Å². The second-order valence-electron chi connectivity index (χ2n) is 5.44. The number of hydrogen-bond donors (Lipinski definition) is 0. The van der Waals surface area contributed by atoms with Crippen LogP contribution in [0.2, 0.25) is 0 Å². The number of halogens is 1. The van der Waals surface area contributed by atoms with Gasteiger partial charge in [-0.15, -0.1) is 11.3 Å². The molecule has 1 aromatic carbocycles. The maximum Gasteiger partial charge on any atom is 0.219 e. The summed E-state index contributed by atoms with van der Waals surface area (Å²) >= 11 is 5.18. The van der Waals surface area contributed by atoms with Gasteiger partial charge in [-0.05, 0) is 12.1 Å². The predicted molar refractivity (Wildman–Crippen MR) is 92.8 cm³/mol. The summed E-state index contributed by atoms with van der Waals surface area (Å²) in [4.78, 5) is 20.4. The van der Waals surface area contributed by atoms with Crippen LogP contribution >= 0.6 is 27.3 Å². The van der Waals surface area contributed by atoms with E-state index in [-0.39, 0.29) is 5.91 Å². The lowest BCUT2D eigenvalue weighted by molar-refractivity contribution is -0.130. The van der Waals surface area contributed by atoms with Crippen LogP contribution in [0.5, 0.6) is 0 Å². The first-order chi connectivity index (χ1) is 10.6. The highest BCUT2D eigenvalue weighted by Crippen LogP contribution is 2.26. The zero-order valence-electron chi connectivity index (χ0n) is 12.5. The van der Waals surface area contributed by atoms with Gasteiger partial charge in [0.2, 0.25) is 5.91 Å². The Labute approximate surface area is 142 Å². The van der Waals surface area contributed by atoms with Crippen LogP contribution in [0.4, 0.5) is 0 Å². The molecular formula is C16H18BrN3OS. The van der Waals surface area contributed by atoms with Crippen LogP contribution in [0.15, 0.2) is 34.1 Å². The standard InChI is InChI=1S/C16H18BrN3OS/c1-12(21)20-7-5-19(6-8-20)10-15-11-22-16(18-15)13-3-2-4-14(17)9-13/h2-4,9,11H,5-8,10H2,1H3. The molecule has 1 aromatic heterocycles. The van der Waals surface area contributed by atoms with Gasteiger partial charge in [0, 0.05) is 55.1 Å². The summed E-state index contributed by atoms with van der Waals surface area (Å²) in [5.74, 6) is 0.172. The van der Waals surface area contributed by atoms with Crippen molar-refractivity contribution < 1.29 is 4.79 Å². The minimum atomic E-state index is 0.172. The molecule has 0 radical (unpaired) electrons. The second-order valence-corrected chi connectivity index (χ2v) is 7.21. The van der Waals surface area contributed by atoms with Crippen LogP contribution < -0.4 is 0 Å². The molecule has 6 heteroatoms. The molecule has 4 nitrogen and oxygen atoms in total. The van der Waals surface area contributed by atoms with E-state index in [9.17, 15) is 4.79 Å². The van der Waals surface area contributed by atoms with E-state index in [4.69, 9.17) is 4.98 Å². The van der Waals surface area contributed by atoms with Gasteiger partial charge in [-0.1, -0.05) is 28.1 Å². The van der Waals surface area contributed by atoms with Gasteiger partial charge < -0.3 is 4.90 Å². The van der Waals surface area contributed by atoms with Crippen molar-refractivity contribution in [3.05, 3.63) is 39.8 Å². The van der Waals surface area contributed by atoms with E-state index in [1.165, 1.54) is 0 Å². The highest BCUT2D eigenvalue weighted by atomic mass is 79.9. The Balaban J connectivity index is 1.62. The molecule has 3 rings (SSSR count). The number of rotatable bonds is 3. The molecule has 1 saturated heterocycles. The van der Waals surface area contributed by atoms with E-state index in [0.29, 0.717) is 0 Å². The van der Waals surface area contributed by atoms with Crippen molar-refractivity contribution in [1.29, 1.82) is 0 Å². The van der Waals surface area contributed by atoms with Crippen molar-refractivity contribution >= 4 is 33.2 Å². The van der Waals surface area contributed by atoms with E-state index < -0.39 is 0 Å². The van der Waals surface area contributed by atoms with Crippen molar-refractivity contribution in [2.45, 2.75) is 13.5 Å². The number of thiazole rings is 1. The number of carbonyl (C=O) groups is 1. The number of benzene rings is 1. The number of amides is 1. The molecule has 2 heterocycles. The first kappa shape index (κ1) is 15.6. The summed E-state index contributed by atoms with van der Waals surface area (Å²) in [6.45, 7) is 5.97. The summed E-state index contributed by atoms with van der Waals surface area (Å²) in [6, 6.07) is 8.22. The lowest BCUT2D eigenvalue weighted by atomic mass is 10.2. The molecule has 1 aliphatic heterocycles. The fourth-order valence-electron chi connectivity index (χ4n) is 2.58.